The van der Waals surface area contributed by atoms with Gasteiger partial charge in [-0.1, -0.05) is 0 Å². The predicted molar refractivity (Wildman–Crippen MR) is 91.2 cm³/mol. The summed E-state index contributed by atoms with van der Waals surface area (Å²) < 4.78 is 0. The molecule has 25 heavy (non-hydrogen) atoms. The van der Waals surface area contributed by atoms with Gasteiger partial charge in [-0.05, 0) is 13.1 Å². The summed E-state index contributed by atoms with van der Waals surface area (Å²) in [5.74, 6) is -1.63. The van der Waals surface area contributed by atoms with E-state index in [1.807, 2.05) is 7.05 Å². The molecule has 4 N–H and O–H groups in total. The summed E-state index contributed by atoms with van der Waals surface area (Å²) in [4.78, 5) is 37.8. The van der Waals surface area contributed by atoms with Crippen molar-refractivity contribution in [2.24, 2.45) is 0 Å². The van der Waals surface area contributed by atoms with Crippen molar-refractivity contribution < 1.29 is 19.6 Å². The number of carbonyl (C=O) groups excluding carboxylic acids is 1. The number of nitro benzene ring substituents is 1. The van der Waals surface area contributed by atoms with Crippen molar-refractivity contribution in [1.29, 1.82) is 0 Å². The summed E-state index contributed by atoms with van der Waals surface area (Å²) in [6.45, 7) is 2.56. The van der Waals surface area contributed by atoms with Crippen LogP contribution in [-0.2, 0) is 9.59 Å². The first-order valence-electron chi connectivity index (χ1n) is 7.77. The second-order valence-electron chi connectivity index (χ2n) is 5.97. The van der Waals surface area contributed by atoms with E-state index in [4.69, 9.17) is 5.73 Å². The number of nitrogens with one attached hydrogen (secondary N) is 1. The van der Waals surface area contributed by atoms with E-state index < -0.39 is 22.8 Å². The first kappa shape index (κ1) is 18.6. The number of nitrogens with zero attached hydrogens (tertiary/aromatic N) is 3. The number of nitrogen functional groups attached to an aromatic ring is 1. The van der Waals surface area contributed by atoms with E-state index in [2.05, 4.69) is 10.2 Å². The van der Waals surface area contributed by atoms with Gasteiger partial charge >= 0.3 is 5.97 Å². The van der Waals surface area contributed by atoms with Gasteiger partial charge in [-0.15, -0.1) is 0 Å². The Morgan fingerprint density at radius 2 is 2.00 bits per heavy atom. The Morgan fingerprint density at radius 1 is 1.36 bits per heavy atom. The number of benzene rings is 1. The molecule has 1 fully saturated rings. The number of anilines is 2. The zero-order valence-electron chi connectivity index (χ0n) is 13.8. The van der Waals surface area contributed by atoms with Crippen LogP contribution in [0.1, 0.15) is 6.42 Å². The molecule has 1 aromatic carbocycles. The van der Waals surface area contributed by atoms with Crippen LogP contribution < -0.4 is 11.1 Å². The van der Waals surface area contributed by atoms with Crippen LogP contribution in [0.25, 0.3) is 0 Å². The van der Waals surface area contributed by atoms with Gasteiger partial charge in [-0.3, -0.25) is 24.6 Å². The number of rotatable bonds is 6. The molecular weight excluding hydrogens is 330 g/mol. The molecule has 1 unspecified atom stereocenters. The Balaban J connectivity index is 2.05. The first-order valence-corrected chi connectivity index (χ1v) is 7.77. The summed E-state index contributed by atoms with van der Waals surface area (Å²) in [6.07, 6.45) is -0.263. The molecule has 0 aliphatic carbocycles. The molecule has 136 valence electrons. The van der Waals surface area contributed by atoms with E-state index in [0.717, 1.165) is 19.2 Å². The number of nitro groups is 1. The molecule has 1 heterocycles. The third-order valence-corrected chi connectivity index (χ3v) is 4.16. The van der Waals surface area contributed by atoms with Crippen LogP contribution >= 0.6 is 0 Å². The lowest BCUT2D eigenvalue weighted by atomic mass is 10.1. The van der Waals surface area contributed by atoms with Crippen LogP contribution in [0.15, 0.2) is 18.2 Å². The monoisotopic (exact) mass is 351 g/mol. The number of amides is 1. The van der Waals surface area contributed by atoms with Crippen LogP contribution in [0.2, 0.25) is 0 Å². The van der Waals surface area contributed by atoms with Crippen molar-refractivity contribution in [2.45, 2.75) is 12.5 Å². The molecule has 1 aromatic rings. The van der Waals surface area contributed by atoms with Crippen LogP contribution in [-0.4, -0.2) is 71.0 Å². The number of piperazine rings is 1. The number of carboxylic acid groups (broad SMARTS) is 1. The molecule has 1 atom stereocenters. The highest BCUT2D eigenvalue weighted by molar-refractivity contribution is 5.96. The van der Waals surface area contributed by atoms with Gasteiger partial charge in [0.25, 0.3) is 5.69 Å². The fourth-order valence-corrected chi connectivity index (χ4v) is 2.65. The maximum atomic E-state index is 12.2. The average Bonchev–Trinajstić information content (AvgIpc) is 2.55. The maximum absolute atomic E-state index is 12.2. The van der Waals surface area contributed by atoms with Crippen molar-refractivity contribution in [3.63, 3.8) is 0 Å². The fourth-order valence-electron chi connectivity index (χ4n) is 2.65. The van der Waals surface area contributed by atoms with Gasteiger partial charge in [0.15, 0.2) is 0 Å². The zero-order valence-corrected chi connectivity index (χ0v) is 13.8. The van der Waals surface area contributed by atoms with Gasteiger partial charge in [0, 0.05) is 38.3 Å². The van der Waals surface area contributed by atoms with Crippen molar-refractivity contribution >= 4 is 28.9 Å². The van der Waals surface area contributed by atoms with E-state index in [1.165, 1.54) is 12.1 Å². The van der Waals surface area contributed by atoms with Gasteiger partial charge < -0.3 is 21.1 Å². The molecule has 10 heteroatoms. The quantitative estimate of drug-likeness (QED) is 0.375. The lowest BCUT2D eigenvalue weighted by molar-refractivity contribution is -0.384. The predicted octanol–water partition coefficient (Wildman–Crippen LogP) is 0.206. The number of non-ortho nitro benzene ring substituents is 1. The molecule has 10 nitrogen and oxygen atoms in total. The Labute approximate surface area is 144 Å². The fraction of sp³-hybridized carbons (Fsp3) is 0.467. The van der Waals surface area contributed by atoms with Crippen molar-refractivity contribution in [2.75, 3.05) is 44.3 Å². The molecule has 0 radical (unpaired) electrons. The topological polar surface area (TPSA) is 142 Å². The molecule has 2 rings (SSSR count). The molecule has 0 spiro atoms. The average molecular weight is 351 g/mol. The van der Waals surface area contributed by atoms with E-state index >= 15 is 0 Å². The van der Waals surface area contributed by atoms with Crippen molar-refractivity contribution in [3.8, 4) is 0 Å². The van der Waals surface area contributed by atoms with E-state index in [-0.39, 0.29) is 23.5 Å². The molecule has 1 saturated heterocycles. The standard InChI is InChI=1S/C15H21N5O5/c1-18-4-6-19(7-5-18)13(15(22)23)9-14(21)17-12-8-10(20(24)25)2-3-11(12)16/h2-3,8,13H,4-7,9,16H2,1H3,(H,17,21)(H,22,23). The maximum Gasteiger partial charge on any atom is 0.321 e. The lowest BCUT2D eigenvalue weighted by Crippen LogP contribution is -2.52. The minimum absolute atomic E-state index is 0.0988. The zero-order chi connectivity index (χ0) is 18.6. The summed E-state index contributed by atoms with van der Waals surface area (Å²) in [6, 6.07) is 2.76. The molecule has 0 bridgehead atoms. The Hall–Kier alpha value is -2.72. The van der Waals surface area contributed by atoms with Crippen LogP contribution in [0.5, 0.6) is 0 Å². The number of hydrogen-bond acceptors (Lipinski definition) is 7. The minimum Gasteiger partial charge on any atom is -0.480 e. The number of carboxylic acids is 1. The largest absolute Gasteiger partial charge is 0.480 e. The first-order chi connectivity index (χ1) is 11.8. The number of carbonyl (C=O) groups is 2. The molecule has 0 aromatic heterocycles. The number of aliphatic carboxylic acids is 1. The number of nitrogens with two attached hydrogens (primary N) is 1. The Bertz CT molecular complexity index is 672. The summed E-state index contributed by atoms with van der Waals surface area (Å²) in [5.41, 5.74) is 5.78. The second kappa shape index (κ2) is 7.90. The third kappa shape index (κ3) is 4.88. The normalized spacial score (nSPS) is 17.0. The van der Waals surface area contributed by atoms with Crippen LogP contribution in [0.4, 0.5) is 17.1 Å². The van der Waals surface area contributed by atoms with Gasteiger partial charge in [0.2, 0.25) is 5.91 Å². The Morgan fingerprint density at radius 3 is 2.56 bits per heavy atom. The highest BCUT2D eigenvalue weighted by Crippen LogP contribution is 2.24. The number of likely N-dealkylation sites (N-methyl/N-ethyl adjacent to an activating group) is 1. The highest BCUT2D eigenvalue weighted by Gasteiger charge is 2.30. The van der Waals surface area contributed by atoms with Gasteiger partial charge in [-0.25, -0.2) is 0 Å². The van der Waals surface area contributed by atoms with Gasteiger partial charge in [-0.2, -0.15) is 0 Å². The molecule has 1 aliphatic heterocycles. The molecule has 1 amide bonds. The SMILES string of the molecule is CN1CCN(C(CC(=O)Nc2cc([N+](=O)[O-])ccc2N)C(=O)O)CC1. The summed E-state index contributed by atoms with van der Waals surface area (Å²) in [7, 11) is 1.95. The number of hydrogen-bond donors (Lipinski definition) is 3. The van der Waals surface area contributed by atoms with Crippen LogP contribution in [0.3, 0.4) is 0 Å². The minimum atomic E-state index is -1.08. The van der Waals surface area contributed by atoms with Gasteiger partial charge in [0.1, 0.15) is 6.04 Å². The summed E-state index contributed by atoms with van der Waals surface area (Å²) >= 11 is 0. The van der Waals surface area contributed by atoms with E-state index in [9.17, 15) is 24.8 Å². The van der Waals surface area contributed by atoms with E-state index in [1.54, 1.807) is 4.90 Å². The van der Waals surface area contributed by atoms with Crippen molar-refractivity contribution in [3.05, 3.63) is 28.3 Å². The van der Waals surface area contributed by atoms with Crippen molar-refractivity contribution in [1.82, 2.24) is 9.80 Å². The van der Waals surface area contributed by atoms with Gasteiger partial charge in [0.05, 0.1) is 22.7 Å². The Kier molecular flexibility index (Phi) is 5.88. The smallest absolute Gasteiger partial charge is 0.321 e. The highest BCUT2D eigenvalue weighted by atomic mass is 16.6. The lowest BCUT2D eigenvalue weighted by Gasteiger charge is -2.35. The molecule has 0 saturated carbocycles. The molecular formula is C15H21N5O5. The second-order valence-corrected chi connectivity index (χ2v) is 5.97. The summed E-state index contributed by atoms with van der Waals surface area (Å²) in [5, 5.41) is 22.7. The third-order valence-electron chi connectivity index (χ3n) is 4.16. The van der Waals surface area contributed by atoms with E-state index in [0.29, 0.717) is 13.1 Å². The van der Waals surface area contributed by atoms with Crippen LogP contribution in [0, 0.1) is 10.1 Å². The molecule has 1 aliphatic rings.